The van der Waals surface area contributed by atoms with E-state index < -0.39 is 0 Å². The number of anilines is 1. The van der Waals surface area contributed by atoms with Gasteiger partial charge >= 0.3 is 0 Å². The maximum atomic E-state index is 12.4. The van der Waals surface area contributed by atoms with Crippen LogP contribution in [-0.2, 0) is 11.2 Å². The predicted octanol–water partition coefficient (Wildman–Crippen LogP) is 2.99. The van der Waals surface area contributed by atoms with Crippen LogP contribution in [0.4, 0.5) is 5.69 Å². The molecule has 1 aromatic heterocycles. The monoisotopic (exact) mass is 352 g/mol. The van der Waals surface area contributed by atoms with E-state index in [-0.39, 0.29) is 24.1 Å². The molecule has 0 aliphatic carbocycles. The van der Waals surface area contributed by atoms with E-state index in [2.05, 4.69) is 15.3 Å². The molecule has 0 saturated carbocycles. The molecule has 1 aliphatic heterocycles. The van der Waals surface area contributed by atoms with Crippen LogP contribution in [-0.4, -0.2) is 29.1 Å². The summed E-state index contributed by atoms with van der Waals surface area (Å²) in [5, 5.41) is 2.89. The number of aromatic nitrogens is 1. The third-order valence-corrected chi connectivity index (χ3v) is 4.41. The second-order valence-corrected chi connectivity index (χ2v) is 6.72. The Kier molecular flexibility index (Phi) is 5.21. The summed E-state index contributed by atoms with van der Waals surface area (Å²) in [7, 11) is 0. The fraction of sp³-hybridized carbons (Fsp3) is 0.350. The Morgan fingerprint density at radius 3 is 2.58 bits per heavy atom. The Morgan fingerprint density at radius 1 is 1.23 bits per heavy atom. The Balaban J connectivity index is 1.58. The molecule has 2 heterocycles. The second kappa shape index (κ2) is 7.56. The molecule has 0 bridgehead atoms. The second-order valence-electron chi connectivity index (χ2n) is 6.72. The first-order valence-electron chi connectivity index (χ1n) is 8.76. The van der Waals surface area contributed by atoms with E-state index in [9.17, 15) is 4.79 Å². The zero-order chi connectivity index (χ0) is 18.7. The van der Waals surface area contributed by atoms with Crippen LogP contribution in [0.25, 0.3) is 0 Å². The van der Waals surface area contributed by atoms with E-state index in [0.29, 0.717) is 5.69 Å². The highest BCUT2D eigenvalue weighted by Gasteiger charge is 2.25. The Labute approximate surface area is 153 Å². The molecule has 136 valence electrons. The van der Waals surface area contributed by atoms with E-state index in [4.69, 9.17) is 10.5 Å². The predicted molar refractivity (Wildman–Crippen MR) is 102 cm³/mol. The highest BCUT2D eigenvalue weighted by atomic mass is 16.5. The van der Waals surface area contributed by atoms with Crippen LogP contribution in [0.2, 0.25) is 0 Å². The molecule has 2 aromatic rings. The van der Waals surface area contributed by atoms with Gasteiger partial charge in [0, 0.05) is 11.4 Å². The summed E-state index contributed by atoms with van der Waals surface area (Å²) in [6.07, 6.45) is 1.78. The van der Waals surface area contributed by atoms with Crippen molar-refractivity contribution in [2.24, 2.45) is 10.7 Å². The van der Waals surface area contributed by atoms with Gasteiger partial charge in [0.1, 0.15) is 11.8 Å². The zero-order valence-electron chi connectivity index (χ0n) is 15.3. The molecule has 1 aliphatic rings. The number of aryl methyl sites for hydroxylation is 3. The minimum Gasteiger partial charge on any atom is -0.460 e. The number of benzene rings is 1. The first kappa shape index (κ1) is 17.9. The highest BCUT2D eigenvalue weighted by Crippen LogP contribution is 2.19. The van der Waals surface area contributed by atoms with E-state index in [1.54, 1.807) is 6.07 Å². The number of pyridine rings is 1. The summed E-state index contributed by atoms with van der Waals surface area (Å²) >= 11 is 0. The maximum absolute atomic E-state index is 12.4. The van der Waals surface area contributed by atoms with Gasteiger partial charge in [-0.1, -0.05) is 12.1 Å². The smallest absolute Gasteiger partial charge is 0.282 e. The van der Waals surface area contributed by atoms with Crippen molar-refractivity contribution in [1.82, 2.24) is 4.98 Å². The fourth-order valence-corrected chi connectivity index (χ4v) is 3.09. The number of nitrogens with two attached hydrogens (primary N) is 1. The minimum absolute atomic E-state index is 0.0267. The lowest BCUT2D eigenvalue weighted by atomic mass is 10.0. The molecule has 0 fully saturated rings. The number of hydrogen-bond donors (Lipinski definition) is 2. The number of nitrogens with zero attached hydrogens (tertiary/aromatic N) is 2. The van der Waals surface area contributed by atoms with E-state index >= 15 is 0 Å². The first-order chi connectivity index (χ1) is 12.4. The molecule has 0 radical (unpaired) electrons. The van der Waals surface area contributed by atoms with Gasteiger partial charge in [0.05, 0.1) is 6.04 Å². The Hall–Kier alpha value is -2.89. The van der Waals surface area contributed by atoms with Crippen molar-refractivity contribution in [2.75, 3.05) is 5.32 Å². The number of rotatable bonds is 5. The summed E-state index contributed by atoms with van der Waals surface area (Å²) in [5.41, 5.74) is 9.81. The van der Waals surface area contributed by atoms with Gasteiger partial charge in [0.15, 0.2) is 0 Å². The van der Waals surface area contributed by atoms with Crippen LogP contribution in [0.1, 0.15) is 40.7 Å². The topological polar surface area (TPSA) is 89.6 Å². The highest BCUT2D eigenvalue weighted by molar-refractivity contribution is 6.03. The van der Waals surface area contributed by atoms with Crippen molar-refractivity contribution in [3.8, 4) is 0 Å². The largest absolute Gasteiger partial charge is 0.460 e. The number of aliphatic imine (C=N–C) groups is 1. The maximum Gasteiger partial charge on any atom is 0.282 e. The van der Waals surface area contributed by atoms with Crippen molar-refractivity contribution < 1.29 is 9.53 Å². The van der Waals surface area contributed by atoms with Gasteiger partial charge in [-0.05, 0) is 69.0 Å². The van der Waals surface area contributed by atoms with Crippen molar-refractivity contribution >= 4 is 17.6 Å². The Morgan fingerprint density at radius 2 is 1.96 bits per heavy atom. The molecule has 0 spiro atoms. The van der Waals surface area contributed by atoms with Crippen LogP contribution in [0.3, 0.4) is 0 Å². The van der Waals surface area contributed by atoms with Crippen LogP contribution in [0, 0.1) is 13.8 Å². The molecule has 26 heavy (non-hydrogen) atoms. The normalized spacial score (nSPS) is 19.0. The fourth-order valence-electron chi connectivity index (χ4n) is 3.09. The lowest BCUT2D eigenvalue weighted by Crippen LogP contribution is -2.20. The van der Waals surface area contributed by atoms with Gasteiger partial charge in [0.25, 0.3) is 11.9 Å². The van der Waals surface area contributed by atoms with Crippen LogP contribution in [0.15, 0.2) is 41.4 Å². The molecule has 3 N–H and O–H groups in total. The van der Waals surface area contributed by atoms with Gasteiger partial charge in [-0.3, -0.25) is 4.79 Å². The van der Waals surface area contributed by atoms with Gasteiger partial charge < -0.3 is 15.8 Å². The Bertz CT molecular complexity index is 810. The lowest BCUT2D eigenvalue weighted by molar-refractivity contribution is 0.102. The number of carbonyl (C=O) groups excluding carboxylic acids is 1. The van der Waals surface area contributed by atoms with Crippen molar-refractivity contribution in [1.29, 1.82) is 0 Å². The standard InChI is InChI=1S/C20H24N4O2/c1-12-10-13(2)22-18(11-12)19(25)23-16-7-4-15(5-8-16)6-9-17-14(3)26-20(21)24-17/h4-5,7-8,10-11,14,17H,6,9H2,1-3H3,(H2,21,24)(H,23,25)/t14-,17?/m0/s1. The molecule has 1 aromatic carbocycles. The van der Waals surface area contributed by atoms with Crippen molar-refractivity contribution in [3.63, 3.8) is 0 Å². The van der Waals surface area contributed by atoms with Crippen LogP contribution in [0.5, 0.6) is 0 Å². The number of amides is 1. The van der Waals surface area contributed by atoms with Gasteiger partial charge in [0.2, 0.25) is 0 Å². The minimum atomic E-state index is -0.203. The molecule has 1 unspecified atom stereocenters. The number of amidine groups is 1. The molecule has 0 saturated heterocycles. The lowest BCUT2D eigenvalue weighted by Gasteiger charge is -2.12. The third kappa shape index (κ3) is 4.39. The van der Waals surface area contributed by atoms with Crippen LogP contribution >= 0.6 is 0 Å². The molecule has 3 rings (SSSR count). The van der Waals surface area contributed by atoms with Crippen molar-refractivity contribution in [2.45, 2.75) is 45.8 Å². The number of hydrogen-bond acceptors (Lipinski definition) is 5. The average molecular weight is 352 g/mol. The number of ether oxygens (including phenoxy) is 1. The van der Waals surface area contributed by atoms with E-state index in [1.807, 2.05) is 51.1 Å². The molecular weight excluding hydrogens is 328 g/mol. The van der Waals surface area contributed by atoms with E-state index in [0.717, 1.165) is 29.8 Å². The summed E-state index contributed by atoms with van der Waals surface area (Å²) in [4.78, 5) is 20.9. The molecule has 6 nitrogen and oxygen atoms in total. The number of nitrogens with one attached hydrogen (secondary N) is 1. The molecule has 6 heteroatoms. The first-order valence-corrected chi connectivity index (χ1v) is 8.76. The molecular formula is C20H24N4O2. The molecule has 2 atom stereocenters. The summed E-state index contributed by atoms with van der Waals surface area (Å²) in [6, 6.07) is 11.9. The number of carbonyl (C=O) groups is 1. The quantitative estimate of drug-likeness (QED) is 0.866. The SMILES string of the molecule is Cc1cc(C)nc(C(=O)Nc2ccc(CCC3N=C(N)O[C@H]3C)cc2)c1. The van der Waals surface area contributed by atoms with Gasteiger partial charge in [-0.15, -0.1) is 0 Å². The summed E-state index contributed by atoms with van der Waals surface area (Å²) < 4.78 is 5.36. The zero-order valence-corrected chi connectivity index (χ0v) is 15.3. The average Bonchev–Trinajstić information content (AvgIpc) is 2.91. The van der Waals surface area contributed by atoms with Gasteiger partial charge in [-0.2, -0.15) is 0 Å². The van der Waals surface area contributed by atoms with E-state index in [1.165, 1.54) is 5.56 Å². The van der Waals surface area contributed by atoms with Crippen LogP contribution < -0.4 is 11.1 Å². The van der Waals surface area contributed by atoms with Gasteiger partial charge in [-0.25, -0.2) is 9.98 Å². The summed E-state index contributed by atoms with van der Waals surface area (Å²) in [6.45, 7) is 5.81. The third-order valence-electron chi connectivity index (χ3n) is 4.41. The van der Waals surface area contributed by atoms with Crippen molar-refractivity contribution in [3.05, 3.63) is 58.9 Å². The summed E-state index contributed by atoms with van der Waals surface area (Å²) in [5.74, 6) is -0.203. The molecule has 1 amide bonds.